The Morgan fingerprint density at radius 2 is 2.04 bits per heavy atom. The van der Waals surface area contributed by atoms with E-state index in [0.29, 0.717) is 11.7 Å². The number of aromatic nitrogens is 1. The molecule has 1 aromatic heterocycles. The van der Waals surface area contributed by atoms with E-state index in [1.807, 2.05) is 12.1 Å². The van der Waals surface area contributed by atoms with E-state index in [-0.39, 0.29) is 30.8 Å². The summed E-state index contributed by atoms with van der Waals surface area (Å²) in [5, 5.41) is 1.27. The van der Waals surface area contributed by atoms with Crippen molar-refractivity contribution < 1.29 is 9.53 Å². The highest BCUT2D eigenvalue weighted by Crippen LogP contribution is 2.43. The predicted octanol–water partition coefficient (Wildman–Crippen LogP) is 3.82. The zero-order valence-corrected chi connectivity index (χ0v) is 15.5. The van der Waals surface area contributed by atoms with Crippen LogP contribution in [0.15, 0.2) is 30.3 Å². The number of halogens is 2. The SMILES string of the molecule is CCN1CCc2c3n(c4ccccc24)C(C(=O)OC)=CCC31.Cl.Cl. The lowest BCUT2D eigenvalue weighted by atomic mass is 9.93. The van der Waals surface area contributed by atoms with Gasteiger partial charge in [-0.15, -0.1) is 24.8 Å². The normalized spacial score (nSPS) is 18.9. The summed E-state index contributed by atoms with van der Waals surface area (Å²) in [5.74, 6) is -0.254. The number of esters is 1. The molecule has 0 bridgehead atoms. The molecule has 2 aliphatic rings. The lowest BCUT2D eigenvalue weighted by Gasteiger charge is -2.38. The number of para-hydroxylation sites is 1. The van der Waals surface area contributed by atoms with Gasteiger partial charge in [-0.3, -0.25) is 4.90 Å². The van der Waals surface area contributed by atoms with Crippen molar-refractivity contribution in [3.05, 3.63) is 41.6 Å². The summed E-state index contributed by atoms with van der Waals surface area (Å²) in [4.78, 5) is 14.7. The molecule has 0 N–H and O–H groups in total. The Morgan fingerprint density at radius 1 is 1.29 bits per heavy atom. The standard InChI is InChI=1S/C18H20N2O2.2ClH/c1-3-19-11-10-13-12-6-4-5-7-14(12)20-16(18(21)22-2)9-8-15(19)17(13)20;;/h4-7,9,15H,3,8,10-11H2,1-2H3;2*1H. The van der Waals surface area contributed by atoms with Crippen LogP contribution < -0.4 is 0 Å². The Kier molecular flexibility index (Phi) is 5.63. The van der Waals surface area contributed by atoms with Crippen LogP contribution in [0.3, 0.4) is 0 Å². The van der Waals surface area contributed by atoms with Crippen molar-refractivity contribution in [2.75, 3.05) is 20.2 Å². The van der Waals surface area contributed by atoms with Crippen molar-refractivity contribution in [2.24, 2.45) is 0 Å². The minimum Gasteiger partial charge on any atom is -0.464 e. The quantitative estimate of drug-likeness (QED) is 0.755. The number of fused-ring (bicyclic) bond motifs is 3. The fourth-order valence-electron chi connectivity index (χ4n) is 4.02. The average Bonchev–Trinajstić information content (AvgIpc) is 2.91. The maximum Gasteiger partial charge on any atom is 0.354 e. The number of nitrogens with zero attached hydrogens (tertiary/aromatic N) is 2. The summed E-state index contributed by atoms with van der Waals surface area (Å²) < 4.78 is 7.13. The molecule has 0 spiro atoms. The number of hydrogen-bond donors (Lipinski definition) is 0. The molecular weight excluding hydrogens is 347 g/mol. The number of carbonyl (C=O) groups is 1. The Hall–Kier alpha value is -1.49. The molecule has 1 unspecified atom stereocenters. The smallest absolute Gasteiger partial charge is 0.354 e. The monoisotopic (exact) mass is 368 g/mol. The van der Waals surface area contributed by atoms with Crippen molar-refractivity contribution in [3.8, 4) is 0 Å². The van der Waals surface area contributed by atoms with E-state index in [2.05, 4.69) is 34.6 Å². The Bertz CT molecular complexity index is 798. The molecule has 4 rings (SSSR count). The molecule has 130 valence electrons. The van der Waals surface area contributed by atoms with Crippen molar-refractivity contribution >= 4 is 47.4 Å². The predicted molar refractivity (Wildman–Crippen MR) is 101 cm³/mol. The molecule has 0 fully saturated rings. The average molecular weight is 369 g/mol. The third kappa shape index (κ3) is 2.53. The maximum atomic E-state index is 12.2. The highest BCUT2D eigenvalue weighted by molar-refractivity contribution is 6.13. The molecule has 6 heteroatoms. The molecule has 0 saturated heterocycles. The second kappa shape index (κ2) is 7.18. The molecular formula is C18H22Cl2N2O2. The fourth-order valence-corrected chi connectivity index (χ4v) is 4.02. The summed E-state index contributed by atoms with van der Waals surface area (Å²) in [6.07, 6.45) is 3.96. The van der Waals surface area contributed by atoms with Crippen LogP contribution in [0.25, 0.3) is 16.6 Å². The largest absolute Gasteiger partial charge is 0.464 e. The highest BCUT2D eigenvalue weighted by atomic mass is 35.5. The van der Waals surface area contributed by atoms with Gasteiger partial charge < -0.3 is 9.30 Å². The van der Waals surface area contributed by atoms with E-state index < -0.39 is 0 Å². The molecule has 3 heterocycles. The summed E-state index contributed by atoms with van der Waals surface area (Å²) in [7, 11) is 1.45. The van der Waals surface area contributed by atoms with Crippen LogP contribution in [0.5, 0.6) is 0 Å². The van der Waals surface area contributed by atoms with Gasteiger partial charge >= 0.3 is 5.97 Å². The molecule has 4 nitrogen and oxygen atoms in total. The van der Waals surface area contributed by atoms with E-state index in [4.69, 9.17) is 4.74 Å². The summed E-state index contributed by atoms with van der Waals surface area (Å²) in [6, 6.07) is 8.75. The van der Waals surface area contributed by atoms with E-state index in [1.54, 1.807) is 0 Å². The first-order chi connectivity index (χ1) is 10.8. The van der Waals surface area contributed by atoms with Gasteiger partial charge in [-0.25, -0.2) is 4.79 Å². The van der Waals surface area contributed by atoms with Gasteiger partial charge in [0.15, 0.2) is 0 Å². The molecule has 2 aromatic rings. The second-order valence-corrected chi connectivity index (χ2v) is 5.93. The van der Waals surface area contributed by atoms with Crippen LogP contribution in [0.4, 0.5) is 0 Å². The van der Waals surface area contributed by atoms with Gasteiger partial charge in [-0.2, -0.15) is 0 Å². The van der Waals surface area contributed by atoms with E-state index in [9.17, 15) is 4.79 Å². The summed E-state index contributed by atoms with van der Waals surface area (Å²) >= 11 is 0. The van der Waals surface area contributed by atoms with E-state index in [0.717, 1.165) is 31.4 Å². The number of likely N-dealkylation sites (N-methyl/N-ethyl adjacent to an activating group) is 1. The minimum atomic E-state index is -0.254. The van der Waals surface area contributed by atoms with Crippen LogP contribution in [0.2, 0.25) is 0 Å². The third-order valence-corrected chi connectivity index (χ3v) is 5.00. The topological polar surface area (TPSA) is 34.5 Å². The zero-order valence-electron chi connectivity index (χ0n) is 13.8. The molecule has 0 radical (unpaired) electrons. The molecule has 0 saturated carbocycles. The number of hydrogen-bond acceptors (Lipinski definition) is 3. The number of carbonyl (C=O) groups excluding carboxylic acids is 1. The summed E-state index contributed by atoms with van der Waals surface area (Å²) in [5.41, 5.74) is 4.47. The molecule has 24 heavy (non-hydrogen) atoms. The zero-order chi connectivity index (χ0) is 15.3. The van der Waals surface area contributed by atoms with Gasteiger partial charge in [-0.1, -0.05) is 31.2 Å². The van der Waals surface area contributed by atoms with Crippen molar-refractivity contribution in [2.45, 2.75) is 25.8 Å². The van der Waals surface area contributed by atoms with Crippen LogP contribution in [0, 0.1) is 0 Å². The first-order valence-electron chi connectivity index (χ1n) is 7.91. The van der Waals surface area contributed by atoms with Gasteiger partial charge in [0.1, 0.15) is 5.70 Å². The molecule has 1 aromatic carbocycles. The van der Waals surface area contributed by atoms with Gasteiger partial charge in [0.05, 0.1) is 18.7 Å². The molecule has 0 aliphatic carbocycles. The van der Waals surface area contributed by atoms with Crippen molar-refractivity contribution in [1.82, 2.24) is 9.47 Å². The lowest BCUT2D eigenvalue weighted by molar-refractivity contribution is -0.134. The van der Waals surface area contributed by atoms with Crippen LogP contribution >= 0.6 is 24.8 Å². The first-order valence-corrected chi connectivity index (χ1v) is 7.91. The van der Waals surface area contributed by atoms with Gasteiger partial charge in [0.2, 0.25) is 0 Å². The lowest BCUT2D eigenvalue weighted by Crippen LogP contribution is -2.37. The van der Waals surface area contributed by atoms with Gasteiger partial charge in [0.25, 0.3) is 0 Å². The third-order valence-electron chi connectivity index (χ3n) is 5.00. The highest BCUT2D eigenvalue weighted by Gasteiger charge is 2.36. The first kappa shape index (κ1) is 18.8. The summed E-state index contributed by atoms with van der Waals surface area (Å²) in [6.45, 7) is 4.33. The van der Waals surface area contributed by atoms with E-state index >= 15 is 0 Å². The Labute approximate surface area is 154 Å². The van der Waals surface area contributed by atoms with Gasteiger partial charge in [0, 0.05) is 17.6 Å². The molecule has 0 amide bonds. The molecule has 1 atom stereocenters. The van der Waals surface area contributed by atoms with Crippen LogP contribution in [-0.4, -0.2) is 35.6 Å². The second-order valence-electron chi connectivity index (χ2n) is 5.93. The Balaban J connectivity index is 0.00000104. The maximum absolute atomic E-state index is 12.2. The van der Waals surface area contributed by atoms with Crippen molar-refractivity contribution in [1.29, 1.82) is 0 Å². The Morgan fingerprint density at radius 3 is 2.75 bits per heavy atom. The van der Waals surface area contributed by atoms with Crippen LogP contribution in [-0.2, 0) is 16.0 Å². The van der Waals surface area contributed by atoms with Crippen molar-refractivity contribution in [3.63, 3.8) is 0 Å². The number of benzene rings is 1. The molecule has 2 aliphatic heterocycles. The number of ether oxygens (including phenoxy) is 1. The fraction of sp³-hybridized carbons (Fsp3) is 0.389. The van der Waals surface area contributed by atoms with Crippen LogP contribution in [0.1, 0.15) is 30.6 Å². The number of methoxy groups -OCH3 is 1. The number of rotatable bonds is 2. The minimum absolute atomic E-state index is 0. The van der Waals surface area contributed by atoms with E-state index in [1.165, 1.54) is 23.8 Å². The van der Waals surface area contributed by atoms with Gasteiger partial charge in [-0.05, 0) is 31.0 Å².